The maximum absolute atomic E-state index is 13.2. The zero-order valence-corrected chi connectivity index (χ0v) is 18.8. The van der Waals surface area contributed by atoms with Crippen LogP contribution < -0.4 is 5.32 Å². The summed E-state index contributed by atoms with van der Waals surface area (Å²) in [7, 11) is -3.62. The molecule has 0 radical (unpaired) electrons. The van der Waals surface area contributed by atoms with Gasteiger partial charge in [-0.05, 0) is 62.4 Å². The van der Waals surface area contributed by atoms with Crippen molar-refractivity contribution < 1.29 is 13.2 Å². The van der Waals surface area contributed by atoms with Crippen molar-refractivity contribution in [2.24, 2.45) is 0 Å². The van der Waals surface area contributed by atoms with Gasteiger partial charge in [0.1, 0.15) is 0 Å². The van der Waals surface area contributed by atoms with Crippen molar-refractivity contribution in [1.82, 2.24) is 14.6 Å². The van der Waals surface area contributed by atoms with E-state index in [4.69, 9.17) is 0 Å². The highest BCUT2D eigenvalue weighted by molar-refractivity contribution is 7.89. The molecule has 1 atom stereocenters. The normalized spacial score (nSPS) is 17.7. The first-order valence-corrected chi connectivity index (χ1v) is 12.3. The van der Waals surface area contributed by atoms with Gasteiger partial charge in [-0.2, -0.15) is 4.31 Å². The fraction of sp³-hybridized carbons (Fsp3) is 0.375. The van der Waals surface area contributed by atoms with Crippen LogP contribution in [0.3, 0.4) is 0 Å². The highest BCUT2D eigenvalue weighted by Crippen LogP contribution is 2.26. The highest BCUT2D eigenvalue weighted by Gasteiger charge is 2.31. The third-order valence-electron chi connectivity index (χ3n) is 6.16. The van der Waals surface area contributed by atoms with E-state index in [9.17, 15) is 13.2 Å². The molecule has 1 saturated heterocycles. The van der Waals surface area contributed by atoms with E-state index in [0.29, 0.717) is 25.1 Å². The van der Waals surface area contributed by atoms with E-state index in [1.54, 1.807) is 16.4 Å². The van der Waals surface area contributed by atoms with Crippen LogP contribution in [-0.2, 0) is 16.4 Å². The number of nitrogens with one attached hydrogen (secondary N) is 2. The maximum Gasteiger partial charge on any atom is 0.251 e. The molecule has 6 nitrogen and oxygen atoms in total. The third kappa shape index (κ3) is 4.38. The quantitative estimate of drug-likeness (QED) is 0.609. The van der Waals surface area contributed by atoms with Crippen molar-refractivity contribution in [3.05, 3.63) is 65.4 Å². The number of benzene rings is 2. The lowest BCUT2D eigenvalue weighted by Gasteiger charge is -2.32. The zero-order chi connectivity index (χ0) is 22.0. The van der Waals surface area contributed by atoms with Crippen LogP contribution in [-0.4, -0.2) is 42.7 Å². The van der Waals surface area contributed by atoms with E-state index in [1.165, 1.54) is 6.07 Å². The van der Waals surface area contributed by atoms with Gasteiger partial charge >= 0.3 is 0 Å². The molecule has 2 N–H and O–H groups in total. The number of para-hydroxylation sites is 1. The largest absolute Gasteiger partial charge is 0.361 e. The van der Waals surface area contributed by atoms with Crippen LogP contribution in [0.15, 0.2) is 53.6 Å². The Bertz CT molecular complexity index is 1200. The molecule has 1 aliphatic heterocycles. The van der Waals surface area contributed by atoms with Gasteiger partial charge in [0.25, 0.3) is 5.91 Å². The monoisotopic (exact) mass is 439 g/mol. The summed E-state index contributed by atoms with van der Waals surface area (Å²) in [5.41, 5.74) is 3.38. The van der Waals surface area contributed by atoms with Gasteiger partial charge in [-0.15, -0.1) is 0 Å². The average molecular weight is 440 g/mol. The number of piperidine rings is 1. The van der Waals surface area contributed by atoms with Gasteiger partial charge in [0.05, 0.1) is 4.90 Å². The first-order chi connectivity index (χ1) is 14.9. The van der Waals surface area contributed by atoms with Crippen LogP contribution in [0.1, 0.15) is 47.7 Å². The molecule has 1 aromatic heterocycles. The Balaban J connectivity index is 1.48. The minimum absolute atomic E-state index is 0.0199. The van der Waals surface area contributed by atoms with E-state index in [1.807, 2.05) is 38.2 Å². The number of carbonyl (C=O) groups is 1. The van der Waals surface area contributed by atoms with Gasteiger partial charge in [0, 0.05) is 41.8 Å². The summed E-state index contributed by atoms with van der Waals surface area (Å²) in [6, 6.07) is 12.9. The van der Waals surface area contributed by atoms with Gasteiger partial charge in [-0.1, -0.05) is 30.7 Å². The van der Waals surface area contributed by atoms with E-state index in [-0.39, 0.29) is 16.8 Å². The molecule has 4 rings (SSSR count). The first kappa shape index (κ1) is 21.6. The van der Waals surface area contributed by atoms with E-state index in [2.05, 4.69) is 16.4 Å². The lowest BCUT2D eigenvalue weighted by Crippen LogP contribution is -2.42. The number of H-pyrrole nitrogens is 1. The minimum Gasteiger partial charge on any atom is -0.361 e. The number of amides is 1. The number of aromatic nitrogens is 1. The second-order valence-corrected chi connectivity index (χ2v) is 10.2. The minimum atomic E-state index is -3.62. The van der Waals surface area contributed by atoms with Crippen LogP contribution in [0.2, 0.25) is 0 Å². The third-order valence-corrected chi connectivity index (χ3v) is 8.17. The zero-order valence-electron chi connectivity index (χ0n) is 18.0. The molecule has 0 aliphatic carbocycles. The van der Waals surface area contributed by atoms with Gasteiger partial charge in [-0.3, -0.25) is 4.79 Å². The van der Waals surface area contributed by atoms with Crippen LogP contribution >= 0.6 is 0 Å². The lowest BCUT2D eigenvalue weighted by molar-refractivity contribution is 0.0953. The number of aromatic amines is 1. The summed E-state index contributed by atoms with van der Waals surface area (Å²) in [4.78, 5) is 16.3. The molecule has 3 aromatic rings. The van der Waals surface area contributed by atoms with Crippen LogP contribution in [0.4, 0.5) is 0 Å². The van der Waals surface area contributed by atoms with Gasteiger partial charge in [-0.25, -0.2) is 8.42 Å². The number of aryl methyl sites for hydroxylation is 1. The predicted octanol–water partition coefficient (Wildman–Crippen LogP) is 4.01. The van der Waals surface area contributed by atoms with Gasteiger partial charge in [0.2, 0.25) is 10.0 Å². The molecular weight excluding hydrogens is 410 g/mol. The van der Waals surface area contributed by atoms with E-state index < -0.39 is 10.0 Å². The van der Waals surface area contributed by atoms with Crippen molar-refractivity contribution in [3.63, 3.8) is 0 Å². The average Bonchev–Trinajstić information content (AvgIpc) is 3.17. The number of hydrogen-bond acceptors (Lipinski definition) is 3. The second kappa shape index (κ2) is 8.85. The second-order valence-electron chi connectivity index (χ2n) is 8.30. The van der Waals surface area contributed by atoms with Crippen LogP contribution in [0, 0.1) is 6.92 Å². The SMILES string of the molecule is Cc1ccc(S(=O)(=O)N2CCCCC2C)cc1C(=O)NCCc1c[nH]c2ccccc12. The molecule has 1 unspecified atom stereocenters. The van der Waals surface area contributed by atoms with Crippen molar-refractivity contribution >= 4 is 26.8 Å². The maximum atomic E-state index is 13.2. The number of rotatable bonds is 6. The topological polar surface area (TPSA) is 82.3 Å². The molecule has 1 amide bonds. The predicted molar refractivity (Wildman–Crippen MR) is 123 cm³/mol. The van der Waals surface area contributed by atoms with E-state index in [0.717, 1.165) is 41.3 Å². The van der Waals surface area contributed by atoms with Crippen molar-refractivity contribution in [2.75, 3.05) is 13.1 Å². The Morgan fingerprint density at radius 2 is 2.00 bits per heavy atom. The summed E-state index contributed by atoms with van der Waals surface area (Å²) in [5.74, 6) is -0.249. The molecule has 1 aliphatic rings. The molecule has 31 heavy (non-hydrogen) atoms. The Labute approximate surface area is 183 Å². The number of nitrogens with zero attached hydrogens (tertiary/aromatic N) is 1. The summed E-state index contributed by atoms with van der Waals surface area (Å²) >= 11 is 0. The smallest absolute Gasteiger partial charge is 0.251 e. The molecule has 0 bridgehead atoms. The molecule has 164 valence electrons. The molecule has 1 fully saturated rings. The van der Waals surface area contributed by atoms with Gasteiger partial charge in [0.15, 0.2) is 0 Å². The molecule has 0 spiro atoms. The van der Waals surface area contributed by atoms with Crippen molar-refractivity contribution in [3.8, 4) is 0 Å². The van der Waals surface area contributed by atoms with Crippen LogP contribution in [0.25, 0.3) is 10.9 Å². The summed E-state index contributed by atoms with van der Waals surface area (Å²) in [5, 5.41) is 4.10. The molecule has 2 heterocycles. The first-order valence-electron chi connectivity index (χ1n) is 10.8. The molecule has 7 heteroatoms. The number of sulfonamides is 1. The Morgan fingerprint density at radius 1 is 1.19 bits per heavy atom. The summed E-state index contributed by atoms with van der Waals surface area (Å²) in [6.45, 7) is 4.78. The number of carbonyl (C=O) groups excluding carboxylic acids is 1. The molecular formula is C24H29N3O3S. The van der Waals surface area contributed by atoms with Crippen molar-refractivity contribution in [2.45, 2.75) is 50.5 Å². The lowest BCUT2D eigenvalue weighted by atomic mass is 10.1. The fourth-order valence-electron chi connectivity index (χ4n) is 4.31. The molecule has 2 aromatic carbocycles. The fourth-order valence-corrected chi connectivity index (χ4v) is 6.04. The Kier molecular flexibility index (Phi) is 6.16. The summed E-state index contributed by atoms with van der Waals surface area (Å²) < 4.78 is 27.9. The Hall–Kier alpha value is -2.64. The van der Waals surface area contributed by atoms with E-state index >= 15 is 0 Å². The molecule has 0 saturated carbocycles. The number of hydrogen-bond donors (Lipinski definition) is 2. The van der Waals surface area contributed by atoms with Gasteiger partial charge < -0.3 is 10.3 Å². The highest BCUT2D eigenvalue weighted by atomic mass is 32.2. The van der Waals surface area contributed by atoms with Crippen molar-refractivity contribution in [1.29, 1.82) is 0 Å². The summed E-state index contributed by atoms with van der Waals surface area (Å²) in [6.07, 6.45) is 5.45. The number of fused-ring (bicyclic) bond motifs is 1. The Morgan fingerprint density at radius 3 is 2.81 bits per heavy atom. The van der Waals surface area contributed by atoms with Crippen LogP contribution in [0.5, 0.6) is 0 Å². The standard InChI is InChI=1S/C24H29N3O3S/c1-17-10-11-20(31(29,30)27-14-6-5-7-18(27)2)15-22(17)24(28)25-13-12-19-16-26-23-9-4-3-8-21(19)23/h3-4,8-11,15-16,18,26H,5-7,12-14H2,1-2H3,(H,25,28).